The second-order valence-electron chi connectivity index (χ2n) is 6.99. The third-order valence-electron chi connectivity index (χ3n) is 5.46. The maximum atomic E-state index is 5.90. The summed E-state index contributed by atoms with van der Waals surface area (Å²) in [6.07, 6.45) is 10.1. The van der Waals surface area contributed by atoms with Crippen LogP contribution >= 0.6 is 0 Å². The van der Waals surface area contributed by atoms with Gasteiger partial charge in [-0.1, -0.05) is 24.3 Å². The second-order valence-corrected chi connectivity index (χ2v) is 6.99. The van der Waals surface area contributed by atoms with Crippen LogP contribution in [0.5, 0.6) is 5.75 Å². The van der Waals surface area contributed by atoms with E-state index in [4.69, 9.17) is 9.47 Å². The van der Waals surface area contributed by atoms with Crippen LogP contribution < -0.4 is 4.74 Å². The molecular weight excluding hydrogens is 296 g/mol. The lowest BCUT2D eigenvalue weighted by atomic mass is 9.77. The van der Waals surface area contributed by atoms with Crippen LogP contribution in [0.2, 0.25) is 0 Å². The zero-order valence-electron chi connectivity index (χ0n) is 14.6. The normalized spacial score (nSPS) is 16.4. The van der Waals surface area contributed by atoms with E-state index < -0.39 is 0 Å². The maximum Gasteiger partial charge on any atom is 0.188 e. The Morgan fingerprint density at radius 3 is 2.12 bits per heavy atom. The lowest BCUT2D eigenvalue weighted by molar-refractivity contribution is 0.0515. The fourth-order valence-electron chi connectivity index (χ4n) is 4.39. The predicted octanol–water partition coefficient (Wildman–Crippen LogP) is 5.09. The molecule has 0 N–H and O–H groups in total. The Kier molecular flexibility index (Phi) is 4.57. The van der Waals surface area contributed by atoms with Crippen molar-refractivity contribution in [2.24, 2.45) is 0 Å². The first kappa shape index (κ1) is 15.7. The van der Waals surface area contributed by atoms with E-state index in [1.807, 2.05) is 0 Å². The van der Waals surface area contributed by atoms with Crippen molar-refractivity contribution in [3.05, 3.63) is 52.6 Å². The number of hydrogen-bond donors (Lipinski definition) is 0. The molecule has 2 heteroatoms. The number of methoxy groups -OCH3 is 1. The molecule has 2 aliphatic carbocycles. The van der Waals surface area contributed by atoms with Crippen molar-refractivity contribution in [1.82, 2.24) is 0 Å². The van der Waals surface area contributed by atoms with Gasteiger partial charge in [0, 0.05) is 12.7 Å². The fraction of sp³-hybridized carbons (Fsp3) is 0.455. The van der Waals surface area contributed by atoms with Gasteiger partial charge in [0.15, 0.2) is 6.79 Å². The third-order valence-corrected chi connectivity index (χ3v) is 5.46. The van der Waals surface area contributed by atoms with E-state index in [-0.39, 0.29) is 0 Å². The van der Waals surface area contributed by atoms with Gasteiger partial charge in [-0.15, -0.1) is 0 Å². The summed E-state index contributed by atoms with van der Waals surface area (Å²) in [4.78, 5) is 0. The van der Waals surface area contributed by atoms with Crippen LogP contribution in [0.15, 0.2) is 30.3 Å². The van der Waals surface area contributed by atoms with Crippen LogP contribution in [-0.4, -0.2) is 13.9 Å². The van der Waals surface area contributed by atoms with E-state index in [1.165, 1.54) is 62.5 Å². The molecule has 24 heavy (non-hydrogen) atoms. The van der Waals surface area contributed by atoms with Gasteiger partial charge >= 0.3 is 0 Å². The van der Waals surface area contributed by atoms with Crippen molar-refractivity contribution in [2.45, 2.75) is 51.4 Å². The van der Waals surface area contributed by atoms with Crippen LogP contribution in [0.3, 0.4) is 0 Å². The summed E-state index contributed by atoms with van der Waals surface area (Å²) in [5, 5.41) is 0. The van der Waals surface area contributed by atoms with Crippen molar-refractivity contribution in [1.29, 1.82) is 0 Å². The van der Waals surface area contributed by atoms with Crippen LogP contribution in [0.4, 0.5) is 0 Å². The molecule has 4 rings (SSSR count). The molecule has 0 aliphatic heterocycles. The summed E-state index contributed by atoms with van der Waals surface area (Å²) >= 11 is 0. The Labute approximate surface area is 144 Å². The number of benzene rings is 2. The van der Waals surface area contributed by atoms with E-state index in [0.29, 0.717) is 6.79 Å². The maximum absolute atomic E-state index is 5.90. The number of rotatable bonds is 4. The summed E-state index contributed by atoms with van der Waals surface area (Å²) < 4.78 is 11.0. The highest BCUT2D eigenvalue weighted by molar-refractivity contribution is 5.79. The number of para-hydroxylation sites is 1. The summed E-state index contributed by atoms with van der Waals surface area (Å²) in [6.45, 7) is 0.300. The van der Waals surface area contributed by atoms with Gasteiger partial charge in [0.05, 0.1) is 0 Å². The number of aryl methyl sites for hydroxylation is 2. The molecule has 0 amide bonds. The quantitative estimate of drug-likeness (QED) is 0.730. The summed E-state index contributed by atoms with van der Waals surface area (Å²) in [6, 6.07) is 11.0. The molecule has 0 spiro atoms. The lowest BCUT2D eigenvalue weighted by Crippen LogP contribution is -2.13. The van der Waals surface area contributed by atoms with Gasteiger partial charge in [-0.25, -0.2) is 0 Å². The van der Waals surface area contributed by atoms with E-state index in [2.05, 4.69) is 30.3 Å². The highest BCUT2D eigenvalue weighted by Gasteiger charge is 2.24. The Hall–Kier alpha value is -1.80. The zero-order chi connectivity index (χ0) is 16.4. The van der Waals surface area contributed by atoms with E-state index in [9.17, 15) is 0 Å². The monoisotopic (exact) mass is 322 g/mol. The van der Waals surface area contributed by atoms with Crippen molar-refractivity contribution in [3.8, 4) is 16.9 Å². The van der Waals surface area contributed by atoms with Crippen molar-refractivity contribution in [2.75, 3.05) is 13.9 Å². The Bertz CT molecular complexity index is 699. The summed E-state index contributed by atoms with van der Waals surface area (Å²) in [5.41, 5.74) is 9.06. The van der Waals surface area contributed by atoms with Crippen LogP contribution in [0, 0.1) is 0 Å². The van der Waals surface area contributed by atoms with E-state index in [1.54, 1.807) is 29.4 Å². The summed E-state index contributed by atoms with van der Waals surface area (Å²) in [5.74, 6) is 0.950. The highest BCUT2D eigenvalue weighted by atomic mass is 16.7. The van der Waals surface area contributed by atoms with Crippen LogP contribution in [0.1, 0.15) is 47.9 Å². The molecule has 0 bridgehead atoms. The van der Waals surface area contributed by atoms with Gasteiger partial charge in [-0.05, 0) is 85.3 Å². The highest BCUT2D eigenvalue weighted by Crippen LogP contribution is 2.42. The molecule has 0 fully saturated rings. The van der Waals surface area contributed by atoms with E-state index in [0.717, 1.165) is 5.75 Å². The van der Waals surface area contributed by atoms with Gasteiger partial charge < -0.3 is 9.47 Å². The first-order valence-corrected chi connectivity index (χ1v) is 9.26. The molecule has 2 aliphatic rings. The predicted molar refractivity (Wildman–Crippen MR) is 97.7 cm³/mol. The molecule has 0 saturated carbocycles. The van der Waals surface area contributed by atoms with E-state index >= 15 is 0 Å². The first-order chi connectivity index (χ1) is 11.9. The molecular formula is C22H26O2. The van der Waals surface area contributed by atoms with Crippen molar-refractivity contribution >= 4 is 0 Å². The largest absolute Gasteiger partial charge is 0.467 e. The Morgan fingerprint density at radius 2 is 1.46 bits per heavy atom. The van der Waals surface area contributed by atoms with Gasteiger partial charge in [0.1, 0.15) is 5.75 Å². The molecule has 126 valence electrons. The molecule has 2 aromatic carbocycles. The Morgan fingerprint density at radius 1 is 0.833 bits per heavy atom. The third kappa shape index (κ3) is 2.84. The molecule has 2 nitrogen and oxygen atoms in total. The standard InChI is InChI=1S/C22H26O2/c1-23-15-24-21-13-7-6-12-20(21)22-18-10-4-2-8-16(18)14-17-9-3-5-11-19(17)22/h6-7,12-14H,2-5,8-11,15H2,1H3. The SMILES string of the molecule is COCOc1ccccc1-c1c2c(cc3c1CCCC3)CCCC2. The molecule has 0 heterocycles. The average Bonchev–Trinajstić information content (AvgIpc) is 2.65. The minimum Gasteiger partial charge on any atom is -0.467 e. The molecule has 0 atom stereocenters. The molecule has 0 saturated heterocycles. The van der Waals surface area contributed by atoms with Gasteiger partial charge in [0.25, 0.3) is 0 Å². The van der Waals surface area contributed by atoms with Crippen LogP contribution in [-0.2, 0) is 30.4 Å². The molecule has 2 aromatic rings. The van der Waals surface area contributed by atoms with Gasteiger partial charge in [-0.2, -0.15) is 0 Å². The average molecular weight is 322 g/mol. The minimum absolute atomic E-state index is 0.300. The smallest absolute Gasteiger partial charge is 0.188 e. The zero-order valence-corrected chi connectivity index (χ0v) is 14.6. The minimum atomic E-state index is 0.300. The van der Waals surface area contributed by atoms with Gasteiger partial charge in [0.2, 0.25) is 0 Å². The second kappa shape index (κ2) is 6.98. The molecule has 0 radical (unpaired) electrons. The number of hydrogen-bond acceptors (Lipinski definition) is 2. The first-order valence-electron chi connectivity index (χ1n) is 9.26. The molecule has 0 aromatic heterocycles. The topological polar surface area (TPSA) is 18.5 Å². The van der Waals surface area contributed by atoms with Crippen molar-refractivity contribution in [3.63, 3.8) is 0 Å². The molecule has 0 unspecified atom stereocenters. The number of fused-ring (bicyclic) bond motifs is 2. The number of ether oxygens (including phenoxy) is 2. The van der Waals surface area contributed by atoms with Crippen molar-refractivity contribution < 1.29 is 9.47 Å². The summed E-state index contributed by atoms with van der Waals surface area (Å²) in [7, 11) is 1.68. The lowest BCUT2D eigenvalue weighted by Gasteiger charge is -2.28. The van der Waals surface area contributed by atoms with Crippen LogP contribution in [0.25, 0.3) is 11.1 Å². The van der Waals surface area contributed by atoms with Gasteiger partial charge in [-0.3, -0.25) is 0 Å². The Balaban J connectivity index is 1.91. The fourth-order valence-corrected chi connectivity index (χ4v) is 4.39.